The molecule has 0 saturated heterocycles. The standard InChI is InChI=1S/C24H31NO6/c1-25(2)15-19(13-20(26)11-12-24(27)28)17-31-23-10-5-4-9-22(23)30-16-18-7-6-8-21(14-18)29-3/h4-10,14,19H,11-13,15-17H2,1-3H3,(H,27,28). The normalized spacial score (nSPS) is 11.7. The van der Waals surface area contributed by atoms with Crippen molar-refractivity contribution in [1.29, 1.82) is 0 Å². The van der Waals surface area contributed by atoms with Crippen molar-refractivity contribution in [2.45, 2.75) is 25.9 Å². The molecule has 0 fully saturated rings. The lowest BCUT2D eigenvalue weighted by Gasteiger charge is -2.21. The topological polar surface area (TPSA) is 85.3 Å². The first kappa shape index (κ1) is 24.2. The summed E-state index contributed by atoms with van der Waals surface area (Å²) in [5, 5.41) is 8.78. The van der Waals surface area contributed by atoms with Gasteiger partial charge in [-0.05, 0) is 43.9 Å². The third-order valence-corrected chi connectivity index (χ3v) is 4.61. The van der Waals surface area contributed by atoms with Crippen molar-refractivity contribution in [2.75, 3.05) is 34.4 Å². The number of carboxylic acids is 1. The highest BCUT2D eigenvalue weighted by Gasteiger charge is 2.18. The van der Waals surface area contributed by atoms with Crippen LogP contribution in [0, 0.1) is 5.92 Å². The molecule has 1 N–H and O–H groups in total. The molecule has 0 amide bonds. The summed E-state index contributed by atoms with van der Waals surface area (Å²) in [5.74, 6) is 0.905. The summed E-state index contributed by atoms with van der Waals surface area (Å²) in [6, 6.07) is 15.1. The third-order valence-electron chi connectivity index (χ3n) is 4.61. The molecule has 0 bridgehead atoms. The molecule has 0 aliphatic rings. The van der Waals surface area contributed by atoms with E-state index in [1.165, 1.54) is 0 Å². The number of hydrogen-bond acceptors (Lipinski definition) is 6. The fourth-order valence-corrected chi connectivity index (χ4v) is 3.18. The highest BCUT2D eigenvalue weighted by molar-refractivity contribution is 5.82. The maximum atomic E-state index is 12.2. The molecule has 2 rings (SSSR count). The Morgan fingerprint density at radius 2 is 1.71 bits per heavy atom. The largest absolute Gasteiger partial charge is 0.497 e. The Morgan fingerprint density at radius 1 is 1.00 bits per heavy atom. The van der Waals surface area contributed by atoms with E-state index in [1.807, 2.05) is 67.5 Å². The fraction of sp³-hybridized carbons (Fsp3) is 0.417. The van der Waals surface area contributed by atoms with Gasteiger partial charge in [0.15, 0.2) is 11.5 Å². The summed E-state index contributed by atoms with van der Waals surface area (Å²) in [4.78, 5) is 24.9. The minimum atomic E-state index is -0.962. The summed E-state index contributed by atoms with van der Waals surface area (Å²) < 4.78 is 17.2. The van der Waals surface area contributed by atoms with Crippen LogP contribution in [-0.4, -0.2) is 56.1 Å². The molecule has 0 saturated carbocycles. The van der Waals surface area contributed by atoms with Gasteiger partial charge in [0.25, 0.3) is 0 Å². The maximum Gasteiger partial charge on any atom is 0.303 e. The number of aliphatic carboxylic acids is 1. The minimum absolute atomic E-state index is 0.0412. The molecule has 2 aromatic carbocycles. The lowest BCUT2D eigenvalue weighted by atomic mass is 10.0. The van der Waals surface area contributed by atoms with Crippen LogP contribution in [0.2, 0.25) is 0 Å². The van der Waals surface area contributed by atoms with Crippen LogP contribution < -0.4 is 14.2 Å². The van der Waals surface area contributed by atoms with Crippen LogP contribution in [0.3, 0.4) is 0 Å². The SMILES string of the molecule is COc1cccc(COc2ccccc2OCC(CC(=O)CCC(=O)O)CN(C)C)c1. The molecule has 0 spiro atoms. The zero-order chi connectivity index (χ0) is 22.6. The first-order chi connectivity index (χ1) is 14.9. The summed E-state index contributed by atoms with van der Waals surface area (Å²) in [7, 11) is 5.49. The molecule has 7 heteroatoms. The van der Waals surface area contributed by atoms with Crippen molar-refractivity contribution in [3.63, 3.8) is 0 Å². The summed E-state index contributed by atoms with van der Waals surface area (Å²) in [5.41, 5.74) is 0.976. The molecular formula is C24H31NO6. The number of carbonyl (C=O) groups excluding carboxylic acids is 1. The van der Waals surface area contributed by atoms with E-state index in [0.29, 0.717) is 31.3 Å². The molecule has 0 radical (unpaired) electrons. The number of carboxylic acid groups (broad SMARTS) is 1. The van der Waals surface area contributed by atoms with Crippen LogP contribution >= 0.6 is 0 Å². The third kappa shape index (κ3) is 9.09. The molecular weight excluding hydrogens is 398 g/mol. The van der Waals surface area contributed by atoms with Crippen LogP contribution in [0.25, 0.3) is 0 Å². The smallest absolute Gasteiger partial charge is 0.303 e. The molecule has 31 heavy (non-hydrogen) atoms. The van der Waals surface area contributed by atoms with Crippen molar-refractivity contribution < 1.29 is 28.9 Å². The Bertz CT molecular complexity index is 851. The first-order valence-corrected chi connectivity index (χ1v) is 10.2. The first-order valence-electron chi connectivity index (χ1n) is 10.2. The molecule has 2 aromatic rings. The van der Waals surface area contributed by atoms with E-state index in [-0.39, 0.29) is 31.0 Å². The van der Waals surface area contributed by atoms with Crippen molar-refractivity contribution in [2.24, 2.45) is 5.92 Å². The van der Waals surface area contributed by atoms with Gasteiger partial charge < -0.3 is 24.2 Å². The fourth-order valence-electron chi connectivity index (χ4n) is 3.18. The monoisotopic (exact) mass is 429 g/mol. The summed E-state index contributed by atoms with van der Waals surface area (Å²) >= 11 is 0. The van der Waals surface area contributed by atoms with Gasteiger partial charge in [-0.1, -0.05) is 24.3 Å². The highest BCUT2D eigenvalue weighted by atomic mass is 16.5. The Morgan fingerprint density at radius 3 is 2.35 bits per heavy atom. The van der Waals surface area contributed by atoms with E-state index in [9.17, 15) is 9.59 Å². The molecule has 0 aliphatic carbocycles. The number of rotatable bonds is 14. The van der Waals surface area contributed by atoms with E-state index in [4.69, 9.17) is 19.3 Å². The molecule has 1 unspecified atom stereocenters. The van der Waals surface area contributed by atoms with E-state index >= 15 is 0 Å². The van der Waals surface area contributed by atoms with Crippen LogP contribution in [0.4, 0.5) is 0 Å². The second-order valence-electron chi connectivity index (χ2n) is 7.66. The van der Waals surface area contributed by atoms with Crippen molar-refractivity contribution in [1.82, 2.24) is 4.90 Å². The number of benzene rings is 2. The highest BCUT2D eigenvalue weighted by Crippen LogP contribution is 2.28. The van der Waals surface area contributed by atoms with Crippen LogP contribution in [0.1, 0.15) is 24.8 Å². The van der Waals surface area contributed by atoms with Gasteiger partial charge in [0.2, 0.25) is 0 Å². The van der Waals surface area contributed by atoms with Crippen LogP contribution in [0.5, 0.6) is 17.2 Å². The average Bonchev–Trinajstić information content (AvgIpc) is 2.75. The van der Waals surface area contributed by atoms with E-state index < -0.39 is 5.97 Å². The molecule has 0 aliphatic heterocycles. The molecule has 0 aromatic heterocycles. The van der Waals surface area contributed by atoms with E-state index in [2.05, 4.69) is 0 Å². The number of Topliss-reactive ketones (excluding diaryl/α,β-unsaturated/α-hetero) is 1. The van der Waals surface area contributed by atoms with Crippen LogP contribution in [-0.2, 0) is 16.2 Å². The van der Waals surface area contributed by atoms with E-state index in [1.54, 1.807) is 7.11 Å². The Balaban J connectivity index is 1.98. The number of ether oxygens (including phenoxy) is 3. The Hall–Kier alpha value is -3.06. The second kappa shape index (κ2) is 12.6. The number of ketones is 1. The number of nitrogens with zero attached hydrogens (tertiary/aromatic N) is 1. The zero-order valence-corrected chi connectivity index (χ0v) is 18.4. The molecule has 0 heterocycles. The number of carbonyl (C=O) groups is 2. The molecule has 7 nitrogen and oxygen atoms in total. The van der Waals surface area contributed by atoms with Crippen molar-refractivity contribution in [3.8, 4) is 17.2 Å². The zero-order valence-electron chi connectivity index (χ0n) is 18.4. The number of hydrogen-bond donors (Lipinski definition) is 1. The van der Waals surface area contributed by atoms with Gasteiger partial charge in [-0.2, -0.15) is 0 Å². The predicted molar refractivity (Wildman–Crippen MR) is 118 cm³/mol. The molecule has 168 valence electrons. The average molecular weight is 430 g/mol. The minimum Gasteiger partial charge on any atom is -0.497 e. The molecule has 1 atom stereocenters. The van der Waals surface area contributed by atoms with Crippen molar-refractivity contribution >= 4 is 11.8 Å². The van der Waals surface area contributed by atoms with Gasteiger partial charge in [0, 0.05) is 25.3 Å². The lowest BCUT2D eigenvalue weighted by molar-refractivity contribution is -0.138. The van der Waals surface area contributed by atoms with Gasteiger partial charge in [-0.15, -0.1) is 0 Å². The van der Waals surface area contributed by atoms with Crippen molar-refractivity contribution in [3.05, 3.63) is 54.1 Å². The Kier molecular flexibility index (Phi) is 9.84. The number of methoxy groups -OCH3 is 1. The Labute approximate surface area is 183 Å². The van der Waals surface area contributed by atoms with Crippen LogP contribution in [0.15, 0.2) is 48.5 Å². The van der Waals surface area contributed by atoms with Gasteiger partial charge >= 0.3 is 5.97 Å². The summed E-state index contributed by atoms with van der Waals surface area (Å²) in [6.07, 6.45) is 0.174. The predicted octanol–water partition coefficient (Wildman–Crippen LogP) is 3.65. The van der Waals surface area contributed by atoms with Gasteiger partial charge in [-0.25, -0.2) is 0 Å². The van der Waals surface area contributed by atoms with E-state index in [0.717, 1.165) is 11.3 Å². The van der Waals surface area contributed by atoms with Gasteiger partial charge in [-0.3, -0.25) is 9.59 Å². The number of para-hydroxylation sites is 2. The quantitative estimate of drug-likeness (QED) is 0.491. The lowest BCUT2D eigenvalue weighted by Crippen LogP contribution is -2.28. The maximum absolute atomic E-state index is 12.2. The van der Waals surface area contributed by atoms with Gasteiger partial charge in [0.1, 0.15) is 18.1 Å². The second-order valence-corrected chi connectivity index (χ2v) is 7.66. The summed E-state index contributed by atoms with van der Waals surface area (Å²) in [6.45, 7) is 1.36. The van der Waals surface area contributed by atoms with Gasteiger partial charge in [0.05, 0.1) is 20.1 Å².